The fourth-order valence-electron chi connectivity index (χ4n) is 3.70. The van der Waals surface area contributed by atoms with Gasteiger partial charge in [-0.3, -0.25) is 19.8 Å². The van der Waals surface area contributed by atoms with Gasteiger partial charge in [-0.05, 0) is 57.3 Å². The number of hydrogen-bond donors (Lipinski definition) is 2. The lowest BCUT2D eigenvalue weighted by Gasteiger charge is -2.35. The topological polar surface area (TPSA) is 94.9 Å². The summed E-state index contributed by atoms with van der Waals surface area (Å²) < 4.78 is 5.12. The first-order valence-electron chi connectivity index (χ1n) is 9.73. The van der Waals surface area contributed by atoms with Crippen molar-refractivity contribution in [3.8, 4) is 0 Å². The molecule has 1 aromatic rings. The number of amides is 4. The van der Waals surface area contributed by atoms with Crippen molar-refractivity contribution in [1.29, 1.82) is 0 Å². The zero-order valence-corrected chi connectivity index (χ0v) is 15.6. The highest BCUT2D eigenvalue weighted by Gasteiger charge is 2.29. The third-order valence-electron chi connectivity index (χ3n) is 5.23. The molecule has 3 heterocycles. The second-order valence-corrected chi connectivity index (χ2v) is 7.25. The molecule has 2 aliphatic rings. The van der Waals surface area contributed by atoms with Gasteiger partial charge in [-0.15, -0.1) is 0 Å². The van der Waals surface area contributed by atoms with Crippen LogP contribution in [-0.2, 0) is 16.1 Å². The SMILES string of the molecule is O=C(CN1CCC(C(=O)N2CCCCC2)CC1)NC(=O)NCc1ccco1. The van der Waals surface area contributed by atoms with E-state index in [0.717, 1.165) is 38.8 Å². The minimum absolute atomic E-state index is 0.0685. The maximum Gasteiger partial charge on any atom is 0.321 e. The number of nitrogens with one attached hydrogen (secondary N) is 2. The zero-order valence-electron chi connectivity index (χ0n) is 15.6. The minimum atomic E-state index is -0.536. The Kier molecular flexibility index (Phi) is 6.86. The first-order valence-corrected chi connectivity index (χ1v) is 9.73. The molecule has 27 heavy (non-hydrogen) atoms. The van der Waals surface area contributed by atoms with Crippen molar-refractivity contribution in [3.05, 3.63) is 24.2 Å². The summed E-state index contributed by atoms with van der Waals surface area (Å²) in [6.07, 6.45) is 6.49. The molecule has 0 saturated carbocycles. The number of hydrogen-bond acceptors (Lipinski definition) is 5. The molecule has 0 unspecified atom stereocenters. The van der Waals surface area contributed by atoms with Gasteiger partial charge in [0.05, 0.1) is 19.4 Å². The largest absolute Gasteiger partial charge is 0.467 e. The predicted molar refractivity (Wildman–Crippen MR) is 98.7 cm³/mol. The van der Waals surface area contributed by atoms with E-state index in [-0.39, 0.29) is 30.8 Å². The smallest absolute Gasteiger partial charge is 0.321 e. The van der Waals surface area contributed by atoms with E-state index >= 15 is 0 Å². The van der Waals surface area contributed by atoms with Crippen LogP contribution in [0.25, 0.3) is 0 Å². The number of furan rings is 1. The molecule has 2 aliphatic heterocycles. The van der Waals surface area contributed by atoms with Crippen LogP contribution < -0.4 is 10.6 Å². The van der Waals surface area contributed by atoms with Gasteiger partial charge in [0.15, 0.2) is 0 Å². The van der Waals surface area contributed by atoms with E-state index in [1.165, 1.54) is 12.7 Å². The molecule has 8 nitrogen and oxygen atoms in total. The van der Waals surface area contributed by atoms with Crippen molar-refractivity contribution in [2.24, 2.45) is 5.92 Å². The van der Waals surface area contributed by atoms with E-state index < -0.39 is 6.03 Å². The molecule has 0 spiro atoms. The molecule has 4 amide bonds. The summed E-state index contributed by atoms with van der Waals surface area (Å²) in [7, 11) is 0. The average molecular weight is 376 g/mol. The van der Waals surface area contributed by atoms with Crippen molar-refractivity contribution in [2.45, 2.75) is 38.6 Å². The number of imide groups is 1. The van der Waals surface area contributed by atoms with E-state index in [1.54, 1.807) is 12.1 Å². The first kappa shape index (κ1) is 19.4. The lowest BCUT2D eigenvalue weighted by atomic mass is 9.94. The van der Waals surface area contributed by atoms with Crippen molar-refractivity contribution in [2.75, 3.05) is 32.7 Å². The average Bonchev–Trinajstić information content (AvgIpc) is 3.21. The van der Waals surface area contributed by atoms with Crippen LogP contribution in [0.4, 0.5) is 4.79 Å². The van der Waals surface area contributed by atoms with Crippen LogP contribution in [0.1, 0.15) is 37.9 Å². The fraction of sp³-hybridized carbons (Fsp3) is 0.632. The second kappa shape index (κ2) is 9.55. The lowest BCUT2D eigenvalue weighted by Crippen LogP contribution is -2.48. The number of carbonyl (C=O) groups excluding carboxylic acids is 3. The Balaban J connectivity index is 1.34. The van der Waals surface area contributed by atoms with E-state index in [9.17, 15) is 14.4 Å². The molecule has 2 saturated heterocycles. The van der Waals surface area contributed by atoms with E-state index in [0.29, 0.717) is 18.8 Å². The summed E-state index contributed by atoms with van der Waals surface area (Å²) >= 11 is 0. The molecule has 1 aromatic heterocycles. The summed E-state index contributed by atoms with van der Waals surface area (Å²) in [5.41, 5.74) is 0. The molecule has 2 fully saturated rings. The number of piperidine rings is 2. The van der Waals surface area contributed by atoms with Gasteiger partial charge in [0, 0.05) is 19.0 Å². The predicted octanol–water partition coefficient (Wildman–Crippen LogP) is 1.33. The van der Waals surface area contributed by atoms with Gasteiger partial charge in [0.25, 0.3) is 0 Å². The third-order valence-corrected chi connectivity index (χ3v) is 5.23. The van der Waals surface area contributed by atoms with Gasteiger partial charge in [-0.2, -0.15) is 0 Å². The van der Waals surface area contributed by atoms with Crippen molar-refractivity contribution in [1.82, 2.24) is 20.4 Å². The van der Waals surface area contributed by atoms with Crippen LogP contribution >= 0.6 is 0 Å². The lowest BCUT2D eigenvalue weighted by molar-refractivity contribution is -0.138. The van der Waals surface area contributed by atoms with Crippen molar-refractivity contribution in [3.63, 3.8) is 0 Å². The Hall–Kier alpha value is -2.35. The van der Waals surface area contributed by atoms with Crippen LogP contribution in [0.15, 0.2) is 22.8 Å². The second-order valence-electron chi connectivity index (χ2n) is 7.25. The molecule has 3 rings (SSSR count). The highest BCUT2D eigenvalue weighted by atomic mass is 16.3. The Labute approximate surface area is 159 Å². The fourth-order valence-corrected chi connectivity index (χ4v) is 3.70. The van der Waals surface area contributed by atoms with Gasteiger partial charge in [-0.25, -0.2) is 4.79 Å². The molecule has 148 valence electrons. The zero-order chi connectivity index (χ0) is 19.1. The number of urea groups is 1. The molecule has 0 aromatic carbocycles. The van der Waals surface area contributed by atoms with Crippen LogP contribution in [0.2, 0.25) is 0 Å². The Bertz CT molecular complexity index is 632. The number of rotatable bonds is 5. The summed E-state index contributed by atoms with van der Waals surface area (Å²) in [5, 5.41) is 4.91. The van der Waals surface area contributed by atoms with Crippen LogP contribution in [-0.4, -0.2) is 60.4 Å². The number of carbonyl (C=O) groups is 3. The van der Waals surface area contributed by atoms with Crippen molar-refractivity contribution >= 4 is 17.8 Å². The summed E-state index contributed by atoms with van der Waals surface area (Å²) in [6.45, 7) is 3.56. The Morgan fingerprint density at radius 1 is 1.07 bits per heavy atom. The van der Waals surface area contributed by atoms with Gasteiger partial charge in [0.1, 0.15) is 5.76 Å². The molecule has 0 aliphatic carbocycles. The molecule has 0 bridgehead atoms. The van der Waals surface area contributed by atoms with Crippen LogP contribution in [0, 0.1) is 5.92 Å². The molecule has 2 N–H and O–H groups in total. The summed E-state index contributed by atoms with van der Waals surface area (Å²) in [5.74, 6) is 0.626. The molecular formula is C19H28N4O4. The Morgan fingerprint density at radius 3 is 2.48 bits per heavy atom. The maximum atomic E-state index is 12.6. The standard InChI is InChI=1S/C19H28N4O4/c24-17(21-19(26)20-13-16-5-4-12-27-16)14-22-10-6-15(7-11-22)18(25)23-8-2-1-3-9-23/h4-5,12,15H,1-3,6-11,13-14H2,(H2,20,21,24,26). The summed E-state index contributed by atoms with van der Waals surface area (Å²) in [4.78, 5) is 40.3. The monoisotopic (exact) mass is 376 g/mol. The van der Waals surface area contributed by atoms with E-state index in [4.69, 9.17) is 4.42 Å². The highest BCUT2D eigenvalue weighted by molar-refractivity contribution is 5.95. The Morgan fingerprint density at radius 2 is 1.81 bits per heavy atom. The number of likely N-dealkylation sites (tertiary alicyclic amines) is 2. The van der Waals surface area contributed by atoms with Crippen LogP contribution in [0.3, 0.4) is 0 Å². The van der Waals surface area contributed by atoms with Crippen LogP contribution in [0.5, 0.6) is 0 Å². The number of nitrogens with zero attached hydrogens (tertiary/aromatic N) is 2. The maximum absolute atomic E-state index is 12.6. The van der Waals surface area contributed by atoms with Gasteiger partial charge < -0.3 is 14.6 Å². The first-order chi connectivity index (χ1) is 13.1. The van der Waals surface area contributed by atoms with Gasteiger partial charge in [0.2, 0.25) is 11.8 Å². The molecular weight excluding hydrogens is 348 g/mol. The summed E-state index contributed by atoms with van der Waals surface area (Å²) in [6, 6.07) is 2.95. The molecule has 0 atom stereocenters. The normalized spacial score (nSPS) is 18.9. The molecule has 0 radical (unpaired) electrons. The quantitative estimate of drug-likeness (QED) is 0.808. The third kappa shape index (κ3) is 5.82. The highest BCUT2D eigenvalue weighted by Crippen LogP contribution is 2.21. The minimum Gasteiger partial charge on any atom is -0.467 e. The van der Waals surface area contributed by atoms with Gasteiger partial charge in [-0.1, -0.05) is 0 Å². The molecule has 8 heteroatoms. The van der Waals surface area contributed by atoms with Gasteiger partial charge >= 0.3 is 6.03 Å². The van der Waals surface area contributed by atoms with E-state index in [1.807, 2.05) is 9.80 Å². The van der Waals surface area contributed by atoms with E-state index in [2.05, 4.69) is 10.6 Å². The van der Waals surface area contributed by atoms with Crippen molar-refractivity contribution < 1.29 is 18.8 Å².